The molecule has 1 aromatic heterocycles. The first-order chi connectivity index (χ1) is 13.2. The van der Waals surface area contributed by atoms with E-state index in [0.717, 1.165) is 36.1 Å². The van der Waals surface area contributed by atoms with E-state index < -0.39 is 0 Å². The summed E-state index contributed by atoms with van der Waals surface area (Å²) in [5.41, 5.74) is 1.08. The van der Waals surface area contributed by atoms with Crippen LogP contribution in [0.5, 0.6) is 11.5 Å². The van der Waals surface area contributed by atoms with Crippen LogP contribution >= 0.6 is 0 Å². The molecule has 0 radical (unpaired) electrons. The van der Waals surface area contributed by atoms with Gasteiger partial charge in [-0.05, 0) is 24.3 Å². The minimum absolute atomic E-state index is 0.00143. The molecule has 1 aromatic carbocycles. The third-order valence-electron chi connectivity index (χ3n) is 4.39. The number of methoxy groups -OCH3 is 1. The van der Waals surface area contributed by atoms with Crippen molar-refractivity contribution in [2.45, 2.75) is 6.10 Å². The van der Waals surface area contributed by atoms with Crippen molar-refractivity contribution in [2.24, 2.45) is 12.0 Å². The van der Waals surface area contributed by atoms with Crippen LogP contribution in [0.3, 0.4) is 0 Å². The number of rotatable bonds is 6. The number of benzene rings is 1. The first-order valence-corrected chi connectivity index (χ1v) is 9.02. The summed E-state index contributed by atoms with van der Waals surface area (Å²) < 4.78 is 18.6. The third kappa shape index (κ3) is 5.13. The summed E-state index contributed by atoms with van der Waals surface area (Å²) >= 11 is 0. The van der Waals surface area contributed by atoms with E-state index in [2.05, 4.69) is 20.3 Å². The lowest BCUT2D eigenvalue weighted by molar-refractivity contribution is -0.00805. The Labute approximate surface area is 159 Å². The second-order valence-electron chi connectivity index (χ2n) is 6.25. The van der Waals surface area contributed by atoms with Gasteiger partial charge in [-0.3, -0.25) is 9.67 Å². The fourth-order valence-corrected chi connectivity index (χ4v) is 2.99. The Morgan fingerprint density at radius 3 is 2.78 bits per heavy atom. The van der Waals surface area contributed by atoms with E-state index in [1.165, 1.54) is 0 Å². The fraction of sp³-hybridized carbons (Fsp3) is 0.474. The van der Waals surface area contributed by atoms with Gasteiger partial charge >= 0.3 is 0 Å². The lowest BCUT2D eigenvalue weighted by Crippen LogP contribution is -2.48. The number of aryl methyl sites for hydroxylation is 1. The van der Waals surface area contributed by atoms with E-state index in [1.807, 2.05) is 43.7 Å². The second-order valence-corrected chi connectivity index (χ2v) is 6.25. The zero-order valence-corrected chi connectivity index (χ0v) is 16.1. The summed E-state index contributed by atoms with van der Waals surface area (Å²) in [4.78, 5) is 6.60. The maximum Gasteiger partial charge on any atom is 0.193 e. The van der Waals surface area contributed by atoms with Gasteiger partial charge in [0.05, 0.1) is 33.0 Å². The number of hydrogen-bond acceptors (Lipinski definition) is 5. The predicted octanol–water partition coefficient (Wildman–Crippen LogP) is 1.46. The summed E-state index contributed by atoms with van der Waals surface area (Å²) in [6.07, 6.45) is 3.85. The van der Waals surface area contributed by atoms with Crippen LogP contribution in [-0.4, -0.2) is 67.6 Å². The van der Waals surface area contributed by atoms with Gasteiger partial charge in [0.25, 0.3) is 0 Å². The van der Waals surface area contributed by atoms with Crippen molar-refractivity contribution in [3.05, 3.63) is 42.2 Å². The van der Waals surface area contributed by atoms with Crippen molar-refractivity contribution < 1.29 is 14.2 Å². The quantitative estimate of drug-likeness (QED) is 0.469. The molecule has 8 heteroatoms. The van der Waals surface area contributed by atoms with Gasteiger partial charge in [0.1, 0.15) is 24.2 Å². The van der Waals surface area contributed by atoms with Crippen molar-refractivity contribution in [3.8, 4) is 11.5 Å². The summed E-state index contributed by atoms with van der Waals surface area (Å²) in [6.45, 7) is 3.40. The Balaban J connectivity index is 1.46. The van der Waals surface area contributed by atoms with Crippen molar-refractivity contribution in [3.63, 3.8) is 0 Å². The Kier molecular flexibility index (Phi) is 6.54. The molecular formula is C19H27N5O3. The summed E-state index contributed by atoms with van der Waals surface area (Å²) in [6, 6.07) is 7.56. The minimum atomic E-state index is 0.00143. The van der Waals surface area contributed by atoms with Gasteiger partial charge < -0.3 is 24.4 Å². The van der Waals surface area contributed by atoms with Crippen LogP contribution in [0, 0.1) is 0 Å². The van der Waals surface area contributed by atoms with E-state index in [1.54, 1.807) is 18.8 Å². The van der Waals surface area contributed by atoms with Crippen LogP contribution in [0.2, 0.25) is 0 Å². The Morgan fingerprint density at radius 1 is 1.33 bits per heavy atom. The predicted molar refractivity (Wildman–Crippen MR) is 103 cm³/mol. The molecule has 1 atom stereocenters. The van der Waals surface area contributed by atoms with E-state index in [9.17, 15) is 0 Å². The van der Waals surface area contributed by atoms with E-state index >= 15 is 0 Å². The third-order valence-corrected chi connectivity index (χ3v) is 4.39. The average Bonchev–Trinajstić information content (AvgIpc) is 3.15. The zero-order chi connectivity index (χ0) is 19.1. The lowest BCUT2D eigenvalue weighted by atomic mass is 10.1. The molecule has 146 valence electrons. The number of nitrogens with zero attached hydrogens (tertiary/aromatic N) is 4. The normalized spacial score (nSPS) is 17.7. The van der Waals surface area contributed by atoms with Gasteiger partial charge in [-0.1, -0.05) is 0 Å². The van der Waals surface area contributed by atoms with Gasteiger partial charge in [-0.25, -0.2) is 0 Å². The molecule has 8 nitrogen and oxygen atoms in total. The Hall–Kier alpha value is -2.74. The molecule has 1 aliphatic heterocycles. The lowest BCUT2D eigenvalue weighted by Gasteiger charge is -2.34. The second kappa shape index (κ2) is 9.27. The average molecular weight is 373 g/mol. The molecule has 2 heterocycles. The molecule has 0 spiro atoms. The van der Waals surface area contributed by atoms with Gasteiger partial charge in [-0.15, -0.1) is 0 Å². The number of aromatic nitrogens is 2. The van der Waals surface area contributed by atoms with Crippen LogP contribution in [0.15, 0.2) is 41.7 Å². The number of ether oxygens (including phenoxy) is 3. The highest BCUT2D eigenvalue weighted by Crippen LogP contribution is 2.21. The molecule has 1 N–H and O–H groups in total. The van der Waals surface area contributed by atoms with E-state index in [4.69, 9.17) is 14.2 Å². The van der Waals surface area contributed by atoms with Crippen LogP contribution in [0.1, 0.15) is 11.7 Å². The highest BCUT2D eigenvalue weighted by Gasteiger charge is 2.25. The fourth-order valence-electron chi connectivity index (χ4n) is 2.99. The first-order valence-electron chi connectivity index (χ1n) is 9.02. The summed E-state index contributed by atoms with van der Waals surface area (Å²) in [5, 5.41) is 7.59. The summed E-state index contributed by atoms with van der Waals surface area (Å²) in [7, 11) is 5.35. The smallest absolute Gasteiger partial charge is 0.193 e. The molecule has 2 aromatic rings. The maximum absolute atomic E-state index is 5.89. The van der Waals surface area contributed by atoms with Crippen molar-refractivity contribution in [2.75, 3.05) is 47.0 Å². The molecular weight excluding hydrogens is 346 g/mol. The van der Waals surface area contributed by atoms with Crippen LogP contribution in [-0.2, 0) is 11.8 Å². The zero-order valence-electron chi connectivity index (χ0n) is 16.1. The number of hydrogen-bond donors (Lipinski definition) is 1. The maximum atomic E-state index is 5.89. The molecule has 0 aliphatic carbocycles. The molecule has 1 fully saturated rings. The van der Waals surface area contributed by atoms with Crippen LogP contribution < -0.4 is 14.8 Å². The highest BCUT2D eigenvalue weighted by atomic mass is 16.5. The number of guanidine groups is 1. The molecule has 0 saturated carbocycles. The molecule has 0 amide bonds. The van der Waals surface area contributed by atoms with Gasteiger partial charge in [0, 0.05) is 32.4 Å². The molecule has 3 rings (SSSR count). The van der Waals surface area contributed by atoms with Crippen LogP contribution in [0.25, 0.3) is 0 Å². The largest absolute Gasteiger partial charge is 0.497 e. The Bertz CT molecular complexity index is 744. The van der Waals surface area contributed by atoms with Crippen LogP contribution in [0.4, 0.5) is 0 Å². The van der Waals surface area contributed by atoms with Crippen molar-refractivity contribution >= 4 is 5.96 Å². The van der Waals surface area contributed by atoms with E-state index in [-0.39, 0.29) is 6.10 Å². The molecule has 27 heavy (non-hydrogen) atoms. The first kappa shape index (κ1) is 19.0. The highest BCUT2D eigenvalue weighted by molar-refractivity contribution is 5.80. The monoisotopic (exact) mass is 373 g/mol. The van der Waals surface area contributed by atoms with Crippen molar-refractivity contribution in [1.82, 2.24) is 20.0 Å². The molecule has 0 bridgehead atoms. The van der Waals surface area contributed by atoms with Gasteiger partial charge in [-0.2, -0.15) is 5.10 Å². The number of morpholine rings is 1. The minimum Gasteiger partial charge on any atom is -0.497 e. The van der Waals surface area contributed by atoms with E-state index in [0.29, 0.717) is 19.8 Å². The van der Waals surface area contributed by atoms with Crippen molar-refractivity contribution in [1.29, 1.82) is 0 Å². The topological polar surface area (TPSA) is 73.1 Å². The Morgan fingerprint density at radius 2 is 2.11 bits per heavy atom. The van der Waals surface area contributed by atoms with Gasteiger partial charge in [0.2, 0.25) is 0 Å². The molecule has 1 saturated heterocycles. The molecule has 1 unspecified atom stereocenters. The number of aliphatic imine (C=N–C) groups is 1. The van der Waals surface area contributed by atoms with Gasteiger partial charge in [0.15, 0.2) is 5.96 Å². The number of nitrogens with one attached hydrogen (secondary N) is 1. The molecule has 1 aliphatic rings. The summed E-state index contributed by atoms with van der Waals surface area (Å²) in [5.74, 6) is 2.48. The standard InChI is InChI=1S/C19H27N5O3/c1-20-19(21-8-10-26-17-6-4-16(25-3)5-7-17)24-9-11-27-18(14-24)15-12-22-23(2)13-15/h4-7,12-13,18H,8-11,14H2,1-3H3,(H,20,21). The SMILES string of the molecule is CN=C(NCCOc1ccc(OC)cc1)N1CCOC(c2cnn(C)c2)C1.